The summed E-state index contributed by atoms with van der Waals surface area (Å²) >= 11 is 8.15. The molecule has 0 bridgehead atoms. The molecule has 9 heteroatoms. The number of carboxylic acid groups (broad SMARTS) is 1. The zero-order valence-electron chi connectivity index (χ0n) is 17.8. The number of anilines is 1. The van der Waals surface area contributed by atoms with E-state index < -0.39 is 11.9 Å². The molecule has 0 saturated carbocycles. The minimum absolute atomic E-state index is 0.107. The average molecular weight is 589 g/mol. The van der Waals surface area contributed by atoms with Crippen molar-refractivity contribution in [2.24, 2.45) is 0 Å². The fraction of sp³-hybridized carbons (Fsp3) is 0.0800. The highest BCUT2D eigenvalue weighted by molar-refractivity contribution is 14.1. The molecule has 2 N–H and O–H groups in total. The first kappa shape index (κ1) is 25.1. The van der Waals surface area contributed by atoms with Gasteiger partial charge in [-0.25, -0.2) is 4.79 Å². The summed E-state index contributed by atoms with van der Waals surface area (Å²) in [7, 11) is 1.49. The lowest BCUT2D eigenvalue weighted by Gasteiger charge is -2.14. The lowest BCUT2D eigenvalue weighted by Crippen LogP contribution is -2.13. The van der Waals surface area contributed by atoms with Crippen LogP contribution in [0, 0.1) is 14.9 Å². The third kappa shape index (κ3) is 6.27. The molecule has 0 aliphatic rings. The van der Waals surface area contributed by atoms with Crippen molar-refractivity contribution in [3.8, 4) is 17.6 Å². The zero-order chi connectivity index (χ0) is 24.7. The minimum Gasteiger partial charge on any atom is -0.493 e. The lowest BCUT2D eigenvalue weighted by molar-refractivity contribution is -0.112. The molecule has 0 radical (unpaired) electrons. The molecule has 0 atom stereocenters. The quantitative estimate of drug-likeness (QED) is 0.196. The van der Waals surface area contributed by atoms with Crippen LogP contribution in [0.3, 0.4) is 0 Å². The number of nitriles is 1. The van der Waals surface area contributed by atoms with Crippen molar-refractivity contribution in [3.63, 3.8) is 0 Å². The number of amides is 1. The van der Waals surface area contributed by atoms with E-state index in [4.69, 9.17) is 26.2 Å². The second kappa shape index (κ2) is 11.5. The Labute approximate surface area is 214 Å². The molecule has 3 rings (SSSR count). The number of rotatable bonds is 8. The second-order valence-electron chi connectivity index (χ2n) is 6.93. The Kier molecular flexibility index (Phi) is 8.51. The number of nitrogens with one attached hydrogen (secondary N) is 1. The van der Waals surface area contributed by atoms with Crippen LogP contribution in [0.15, 0.2) is 66.2 Å². The highest BCUT2D eigenvalue weighted by atomic mass is 127. The summed E-state index contributed by atoms with van der Waals surface area (Å²) in [5.41, 5.74) is 1.85. The number of para-hydroxylation sites is 1. The van der Waals surface area contributed by atoms with Crippen LogP contribution >= 0.6 is 34.2 Å². The molecule has 3 aromatic rings. The van der Waals surface area contributed by atoms with Crippen molar-refractivity contribution in [2.75, 3.05) is 12.4 Å². The Bertz CT molecular complexity index is 1300. The van der Waals surface area contributed by atoms with Crippen LogP contribution < -0.4 is 14.8 Å². The van der Waals surface area contributed by atoms with Gasteiger partial charge in [-0.15, -0.1) is 0 Å². The van der Waals surface area contributed by atoms with E-state index in [1.807, 2.05) is 6.07 Å². The summed E-state index contributed by atoms with van der Waals surface area (Å²) < 4.78 is 12.1. The SMILES string of the molecule is COc1cc(/C=C(\C#N)C(=O)Nc2ccccc2Cl)cc(I)c1OCc1ccc(C(=O)O)cc1. The molecule has 0 fully saturated rings. The Balaban J connectivity index is 1.80. The van der Waals surface area contributed by atoms with Gasteiger partial charge in [-0.05, 0) is 76.2 Å². The van der Waals surface area contributed by atoms with Crippen molar-refractivity contribution >= 4 is 57.8 Å². The van der Waals surface area contributed by atoms with Crippen LogP contribution in [0.2, 0.25) is 5.02 Å². The first-order valence-corrected chi connectivity index (χ1v) is 11.3. The molecular weight excluding hydrogens is 571 g/mol. The van der Waals surface area contributed by atoms with Gasteiger partial charge in [0.1, 0.15) is 18.2 Å². The summed E-state index contributed by atoms with van der Waals surface area (Å²) in [5, 5.41) is 21.5. The molecule has 0 saturated heterocycles. The van der Waals surface area contributed by atoms with E-state index in [1.165, 1.54) is 25.3 Å². The summed E-state index contributed by atoms with van der Waals surface area (Å²) in [5.74, 6) is -0.676. The number of aromatic carboxylic acids is 1. The Morgan fingerprint density at radius 2 is 1.88 bits per heavy atom. The van der Waals surface area contributed by atoms with E-state index in [0.29, 0.717) is 31.3 Å². The molecule has 7 nitrogen and oxygen atoms in total. The molecule has 0 heterocycles. The number of carbonyl (C=O) groups excluding carboxylic acids is 1. The molecule has 0 aliphatic carbocycles. The Hall–Kier alpha value is -3.55. The van der Waals surface area contributed by atoms with E-state index in [1.54, 1.807) is 48.5 Å². The molecular formula is C25H18ClIN2O5. The van der Waals surface area contributed by atoms with E-state index in [-0.39, 0.29) is 17.7 Å². The van der Waals surface area contributed by atoms with Crippen molar-refractivity contribution in [3.05, 3.63) is 91.5 Å². The van der Waals surface area contributed by atoms with Gasteiger partial charge in [0.15, 0.2) is 11.5 Å². The van der Waals surface area contributed by atoms with Gasteiger partial charge < -0.3 is 19.9 Å². The van der Waals surface area contributed by atoms with Crippen molar-refractivity contribution in [1.29, 1.82) is 5.26 Å². The first-order valence-electron chi connectivity index (χ1n) is 9.82. The maximum absolute atomic E-state index is 12.6. The smallest absolute Gasteiger partial charge is 0.335 e. The molecule has 172 valence electrons. The topological polar surface area (TPSA) is 109 Å². The Morgan fingerprint density at radius 3 is 2.50 bits per heavy atom. The highest BCUT2D eigenvalue weighted by Gasteiger charge is 2.15. The summed E-state index contributed by atoms with van der Waals surface area (Å²) in [6.45, 7) is 0.200. The van der Waals surface area contributed by atoms with Crippen molar-refractivity contribution in [2.45, 2.75) is 6.61 Å². The third-order valence-electron chi connectivity index (χ3n) is 4.63. The molecule has 3 aromatic carbocycles. The fourth-order valence-electron chi connectivity index (χ4n) is 2.93. The van der Waals surface area contributed by atoms with Crippen molar-refractivity contribution < 1.29 is 24.2 Å². The van der Waals surface area contributed by atoms with Gasteiger partial charge in [0.05, 0.1) is 27.0 Å². The van der Waals surface area contributed by atoms with Crippen LogP contribution in [0.25, 0.3) is 6.08 Å². The normalized spacial score (nSPS) is 10.8. The predicted octanol–water partition coefficient (Wildman–Crippen LogP) is 5.78. The lowest BCUT2D eigenvalue weighted by atomic mass is 10.1. The molecule has 0 unspecified atom stereocenters. The highest BCUT2D eigenvalue weighted by Crippen LogP contribution is 2.35. The standard InChI is InChI=1S/C25H18ClIN2O5/c1-33-22-12-16(10-18(13-28)24(30)29-21-5-3-2-4-19(21)26)11-20(27)23(22)34-14-15-6-8-17(9-7-15)25(31)32/h2-12H,14H2,1H3,(H,29,30)(H,31,32)/b18-10+. The zero-order valence-corrected chi connectivity index (χ0v) is 20.8. The van der Waals surface area contributed by atoms with Crippen LogP contribution in [0.5, 0.6) is 11.5 Å². The number of hydrogen-bond donors (Lipinski definition) is 2. The summed E-state index contributed by atoms with van der Waals surface area (Å²) in [6.07, 6.45) is 1.45. The van der Waals surface area contributed by atoms with Gasteiger partial charge in [-0.2, -0.15) is 5.26 Å². The van der Waals surface area contributed by atoms with E-state index >= 15 is 0 Å². The van der Waals surface area contributed by atoms with Crippen LogP contribution in [0.1, 0.15) is 21.5 Å². The van der Waals surface area contributed by atoms with Crippen LogP contribution in [-0.4, -0.2) is 24.1 Å². The third-order valence-corrected chi connectivity index (χ3v) is 5.76. The predicted molar refractivity (Wildman–Crippen MR) is 137 cm³/mol. The van der Waals surface area contributed by atoms with Gasteiger partial charge in [0.25, 0.3) is 5.91 Å². The number of ether oxygens (including phenoxy) is 2. The first-order chi connectivity index (χ1) is 16.3. The van der Waals surface area contributed by atoms with Gasteiger partial charge in [0.2, 0.25) is 0 Å². The number of carboxylic acids is 1. The van der Waals surface area contributed by atoms with E-state index in [0.717, 1.165) is 5.56 Å². The summed E-state index contributed by atoms with van der Waals surface area (Å²) in [4.78, 5) is 23.6. The molecule has 1 amide bonds. The largest absolute Gasteiger partial charge is 0.493 e. The molecule has 0 aromatic heterocycles. The maximum atomic E-state index is 12.6. The van der Waals surface area contributed by atoms with E-state index in [2.05, 4.69) is 27.9 Å². The van der Waals surface area contributed by atoms with Gasteiger partial charge in [-0.1, -0.05) is 35.9 Å². The maximum Gasteiger partial charge on any atom is 0.335 e. The number of benzene rings is 3. The minimum atomic E-state index is -0.996. The van der Waals surface area contributed by atoms with Crippen LogP contribution in [-0.2, 0) is 11.4 Å². The summed E-state index contributed by atoms with van der Waals surface area (Å²) in [6, 6.07) is 18.4. The van der Waals surface area contributed by atoms with E-state index in [9.17, 15) is 14.9 Å². The van der Waals surface area contributed by atoms with Crippen LogP contribution in [0.4, 0.5) is 5.69 Å². The number of nitrogens with zero attached hydrogens (tertiary/aromatic N) is 1. The Morgan fingerprint density at radius 1 is 1.18 bits per heavy atom. The van der Waals surface area contributed by atoms with Gasteiger partial charge in [0, 0.05) is 0 Å². The second-order valence-corrected chi connectivity index (χ2v) is 8.50. The molecule has 0 aliphatic heterocycles. The molecule has 34 heavy (non-hydrogen) atoms. The number of halogens is 2. The van der Waals surface area contributed by atoms with Gasteiger partial charge in [-0.3, -0.25) is 4.79 Å². The number of hydrogen-bond acceptors (Lipinski definition) is 5. The average Bonchev–Trinajstić information content (AvgIpc) is 2.83. The van der Waals surface area contributed by atoms with Crippen molar-refractivity contribution in [1.82, 2.24) is 0 Å². The molecule has 0 spiro atoms. The number of carbonyl (C=O) groups is 2. The monoisotopic (exact) mass is 588 g/mol. The van der Waals surface area contributed by atoms with Gasteiger partial charge >= 0.3 is 5.97 Å². The fourth-order valence-corrected chi connectivity index (χ4v) is 3.89. The number of methoxy groups -OCH3 is 1.